The van der Waals surface area contributed by atoms with Crippen LogP contribution in [0.25, 0.3) is 10.8 Å². The number of benzene rings is 2. The quantitative estimate of drug-likeness (QED) is 0.739. The molecule has 0 unspecified atom stereocenters. The van der Waals surface area contributed by atoms with E-state index in [2.05, 4.69) is 14.8 Å². The second-order valence-electron chi connectivity index (χ2n) is 7.33. The third-order valence-electron chi connectivity index (χ3n) is 5.50. The van der Waals surface area contributed by atoms with Gasteiger partial charge < -0.3 is 5.11 Å². The maximum Gasteiger partial charge on any atom is 0.325 e. The Hall–Kier alpha value is -2.76. The van der Waals surface area contributed by atoms with Crippen LogP contribution in [0.2, 0.25) is 0 Å². The van der Waals surface area contributed by atoms with Gasteiger partial charge in [0, 0.05) is 38.6 Å². The Morgan fingerprint density at radius 3 is 2.57 bits per heavy atom. The van der Waals surface area contributed by atoms with Gasteiger partial charge in [-0.25, -0.2) is 0 Å². The third kappa shape index (κ3) is 4.06. The molecule has 1 atom stereocenters. The number of rotatable bonds is 5. The largest absolute Gasteiger partial charge is 0.480 e. The van der Waals surface area contributed by atoms with Crippen LogP contribution in [-0.4, -0.2) is 52.0 Å². The van der Waals surface area contributed by atoms with Crippen LogP contribution in [0.1, 0.15) is 23.6 Å². The van der Waals surface area contributed by atoms with Gasteiger partial charge in [0.05, 0.1) is 0 Å². The van der Waals surface area contributed by atoms with E-state index in [1.807, 2.05) is 67.0 Å². The van der Waals surface area contributed by atoms with Gasteiger partial charge in [-0.05, 0) is 47.0 Å². The molecule has 5 nitrogen and oxygen atoms in total. The van der Waals surface area contributed by atoms with Crippen molar-refractivity contribution in [1.82, 2.24) is 14.8 Å². The Morgan fingerprint density at radius 2 is 1.75 bits per heavy atom. The summed E-state index contributed by atoms with van der Waals surface area (Å²) in [6.07, 6.45) is 4.60. The minimum atomic E-state index is -0.779. The molecule has 144 valence electrons. The summed E-state index contributed by atoms with van der Waals surface area (Å²) in [5.74, 6) is -0.779. The van der Waals surface area contributed by atoms with Crippen molar-refractivity contribution in [3.05, 3.63) is 78.1 Å². The molecule has 0 saturated carbocycles. The molecule has 2 heterocycles. The van der Waals surface area contributed by atoms with Crippen molar-refractivity contribution in [2.24, 2.45) is 0 Å². The first-order valence-corrected chi connectivity index (χ1v) is 9.78. The zero-order chi connectivity index (χ0) is 19.3. The monoisotopic (exact) mass is 375 g/mol. The average molecular weight is 375 g/mol. The molecule has 1 N–H and O–H groups in total. The van der Waals surface area contributed by atoms with E-state index in [0.29, 0.717) is 0 Å². The van der Waals surface area contributed by atoms with E-state index in [1.54, 1.807) is 0 Å². The van der Waals surface area contributed by atoms with Gasteiger partial charge in [-0.3, -0.25) is 19.6 Å². The van der Waals surface area contributed by atoms with Crippen LogP contribution in [0.5, 0.6) is 0 Å². The number of carbonyl (C=O) groups is 1. The lowest BCUT2D eigenvalue weighted by Gasteiger charge is -2.28. The van der Waals surface area contributed by atoms with Crippen LogP contribution in [0.3, 0.4) is 0 Å². The lowest BCUT2D eigenvalue weighted by atomic mass is 9.97. The van der Waals surface area contributed by atoms with Crippen molar-refractivity contribution in [2.45, 2.75) is 19.0 Å². The van der Waals surface area contributed by atoms with Crippen LogP contribution < -0.4 is 0 Å². The summed E-state index contributed by atoms with van der Waals surface area (Å²) in [4.78, 5) is 20.9. The highest BCUT2D eigenvalue weighted by Gasteiger charge is 2.30. The number of carboxylic acid groups (broad SMARTS) is 1. The highest BCUT2D eigenvalue weighted by atomic mass is 16.4. The fourth-order valence-corrected chi connectivity index (χ4v) is 4.13. The topological polar surface area (TPSA) is 56.7 Å². The molecule has 4 rings (SSSR count). The summed E-state index contributed by atoms with van der Waals surface area (Å²) in [5, 5.41) is 12.2. The molecule has 0 amide bonds. The third-order valence-corrected chi connectivity index (χ3v) is 5.50. The fraction of sp³-hybridized carbons (Fsp3) is 0.304. The number of hydrogen-bond donors (Lipinski definition) is 1. The number of pyridine rings is 1. The number of hydrogen-bond acceptors (Lipinski definition) is 4. The first-order chi connectivity index (χ1) is 13.7. The Balaban J connectivity index is 1.55. The number of aliphatic carboxylic acids is 1. The molecule has 0 bridgehead atoms. The summed E-state index contributed by atoms with van der Waals surface area (Å²) in [5.41, 5.74) is 2.13. The molecule has 1 fully saturated rings. The van der Waals surface area contributed by atoms with E-state index in [9.17, 15) is 9.90 Å². The highest BCUT2D eigenvalue weighted by molar-refractivity contribution is 5.90. The van der Waals surface area contributed by atoms with Crippen LogP contribution >= 0.6 is 0 Å². The Kier molecular flexibility index (Phi) is 5.65. The van der Waals surface area contributed by atoms with Gasteiger partial charge in [-0.15, -0.1) is 0 Å². The molecule has 0 radical (unpaired) electrons. The first-order valence-electron chi connectivity index (χ1n) is 9.78. The second kappa shape index (κ2) is 8.50. The molecule has 3 aromatic rings. The zero-order valence-electron chi connectivity index (χ0n) is 15.9. The van der Waals surface area contributed by atoms with Crippen molar-refractivity contribution in [1.29, 1.82) is 0 Å². The summed E-state index contributed by atoms with van der Waals surface area (Å²) in [6, 6.07) is 17.4. The van der Waals surface area contributed by atoms with Gasteiger partial charge in [0.1, 0.15) is 6.04 Å². The summed E-state index contributed by atoms with van der Waals surface area (Å²) >= 11 is 0. The van der Waals surface area contributed by atoms with Crippen molar-refractivity contribution in [2.75, 3.05) is 26.2 Å². The van der Waals surface area contributed by atoms with Crippen molar-refractivity contribution in [3.8, 4) is 0 Å². The van der Waals surface area contributed by atoms with Crippen LogP contribution in [0.4, 0.5) is 0 Å². The second-order valence-corrected chi connectivity index (χ2v) is 7.33. The predicted molar refractivity (Wildman–Crippen MR) is 110 cm³/mol. The maximum atomic E-state index is 12.3. The van der Waals surface area contributed by atoms with E-state index in [4.69, 9.17) is 0 Å². The Labute approximate surface area is 165 Å². The lowest BCUT2D eigenvalue weighted by molar-refractivity contribution is -0.143. The van der Waals surface area contributed by atoms with Gasteiger partial charge in [-0.2, -0.15) is 0 Å². The van der Waals surface area contributed by atoms with Crippen LogP contribution in [-0.2, 0) is 11.3 Å². The van der Waals surface area contributed by atoms with Gasteiger partial charge in [0.2, 0.25) is 0 Å². The van der Waals surface area contributed by atoms with Crippen molar-refractivity contribution >= 4 is 16.7 Å². The molecule has 0 spiro atoms. The molecule has 1 aromatic heterocycles. The molecule has 1 aliphatic rings. The molecule has 1 aliphatic heterocycles. The Bertz CT molecular complexity index is 939. The Morgan fingerprint density at radius 1 is 0.964 bits per heavy atom. The number of nitrogens with zero attached hydrogens (tertiary/aromatic N) is 3. The predicted octanol–water partition coefficient (Wildman–Crippen LogP) is 3.57. The smallest absolute Gasteiger partial charge is 0.325 e. The molecule has 5 heteroatoms. The van der Waals surface area contributed by atoms with E-state index in [0.717, 1.165) is 55.5 Å². The average Bonchev–Trinajstić information content (AvgIpc) is 2.94. The van der Waals surface area contributed by atoms with Gasteiger partial charge >= 0.3 is 5.97 Å². The summed E-state index contributed by atoms with van der Waals surface area (Å²) in [7, 11) is 0. The van der Waals surface area contributed by atoms with E-state index in [1.165, 1.54) is 5.56 Å². The lowest BCUT2D eigenvalue weighted by Crippen LogP contribution is -2.37. The van der Waals surface area contributed by atoms with Gasteiger partial charge in [0.15, 0.2) is 0 Å². The number of fused-ring (bicyclic) bond motifs is 1. The summed E-state index contributed by atoms with van der Waals surface area (Å²) < 4.78 is 0. The summed E-state index contributed by atoms with van der Waals surface area (Å²) in [6.45, 7) is 4.23. The normalized spacial score (nSPS) is 17.3. The van der Waals surface area contributed by atoms with Crippen molar-refractivity contribution < 1.29 is 9.90 Å². The van der Waals surface area contributed by atoms with Gasteiger partial charge in [-0.1, -0.05) is 42.5 Å². The van der Waals surface area contributed by atoms with E-state index < -0.39 is 12.0 Å². The zero-order valence-corrected chi connectivity index (χ0v) is 15.9. The number of carboxylic acids is 1. The molecule has 28 heavy (non-hydrogen) atoms. The number of aromatic nitrogens is 1. The van der Waals surface area contributed by atoms with Gasteiger partial charge in [0.25, 0.3) is 0 Å². The molecular weight excluding hydrogens is 350 g/mol. The van der Waals surface area contributed by atoms with Crippen LogP contribution in [0.15, 0.2) is 67.0 Å². The minimum Gasteiger partial charge on any atom is -0.480 e. The minimum absolute atomic E-state index is 0.619. The maximum absolute atomic E-state index is 12.3. The molecular formula is C23H25N3O2. The van der Waals surface area contributed by atoms with Crippen LogP contribution in [0, 0.1) is 0 Å². The van der Waals surface area contributed by atoms with Crippen molar-refractivity contribution in [3.63, 3.8) is 0 Å². The molecule has 1 saturated heterocycles. The molecule has 0 aliphatic carbocycles. The SMILES string of the molecule is O=C(O)[C@@H](c1cccc2ccccc12)N1CCCN(Cc2ccncc2)CC1. The first kappa shape index (κ1) is 18.6. The highest BCUT2D eigenvalue weighted by Crippen LogP contribution is 2.29. The fourth-order valence-electron chi connectivity index (χ4n) is 4.13. The standard InChI is InChI=1S/C23H25N3O2/c27-23(28)22(21-8-3-6-19-5-1-2-7-20(19)21)26-14-4-13-25(15-16-26)17-18-9-11-24-12-10-18/h1-3,5-12,22H,4,13-17H2,(H,27,28)/t22-/m1/s1. The van der Waals surface area contributed by atoms with E-state index in [-0.39, 0.29) is 0 Å². The van der Waals surface area contributed by atoms with E-state index >= 15 is 0 Å². The molecule has 2 aromatic carbocycles.